The molecule has 0 radical (unpaired) electrons. The molecule has 0 aromatic carbocycles. The number of allylic oxidation sites excluding steroid dienone is 8. The number of aliphatic hydroxyl groups excluding tert-OH is 1. The molecule has 0 amide bonds. The van der Waals surface area contributed by atoms with Crippen molar-refractivity contribution in [1.29, 1.82) is 0 Å². The molecule has 1 N–H and O–H groups in total. The average molecular weight is 415 g/mol. The standard InChI is InChI=1S/C26H38O4/c1-17(2)11-9-12-18(3)13-10-14-19(4)15-16-26(7)21(6)22(25(29)30-8)23(27)20(5)24(26)28/h11,13,15,27H,9-10,12,14,16H2,1-8H3/b18-13+,19-15+. The fourth-order valence-electron chi connectivity index (χ4n) is 3.65. The Hall–Kier alpha value is -2.36. The van der Waals surface area contributed by atoms with Crippen LogP contribution in [0.1, 0.15) is 80.6 Å². The van der Waals surface area contributed by atoms with Gasteiger partial charge in [0.2, 0.25) is 0 Å². The molecular formula is C26H38O4. The van der Waals surface area contributed by atoms with E-state index >= 15 is 0 Å². The molecule has 4 heteroatoms. The van der Waals surface area contributed by atoms with Crippen LogP contribution < -0.4 is 0 Å². The first-order valence-electron chi connectivity index (χ1n) is 10.6. The number of methoxy groups -OCH3 is 1. The van der Waals surface area contributed by atoms with Gasteiger partial charge < -0.3 is 9.84 Å². The van der Waals surface area contributed by atoms with E-state index < -0.39 is 11.4 Å². The number of hydrogen-bond donors (Lipinski definition) is 1. The van der Waals surface area contributed by atoms with E-state index in [1.54, 1.807) is 13.8 Å². The molecule has 30 heavy (non-hydrogen) atoms. The van der Waals surface area contributed by atoms with Crippen molar-refractivity contribution in [1.82, 2.24) is 0 Å². The molecule has 1 atom stereocenters. The minimum atomic E-state index is -0.864. The molecule has 0 spiro atoms. The molecule has 0 aromatic heterocycles. The monoisotopic (exact) mass is 414 g/mol. The summed E-state index contributed by atoms with van der Waals surface area (Å²) in [6.07, 6.45) is 11.2. The van der Waals surface area contributed by atoms with Crippen molar-refractivity contribution in [2.45, 2.75) is 80.6 Å². The molecule has 0 heterocycles. The average Bonchev–Trinajstić information content (AvgIpc) is 2.69. The molecule has 0 fully saturated rings. The van der Waals surface area contributed by atoms with E-state index in [0.717, 1.165) is 25.7 Å². The number of carbonyl (C=O) groups excluding carboxylic acids is 2. The van der Waals surface area contributed by atoms with Gasteiger partial charge in [-0.15, -0.1) is 0 Å². The Morgan fingerprint density at radius 1 is 1.00 bits per heavy atom. The van der Waals surface area contributed by atoms with Gasteiger partial charge in [0.25, 0.3) is 0 Å². The van der Waals surface area contributed by atoms with E-state index in [-0.39, 0.29) is 22.7 Å². The topological polar surface area (TPSA) is 63.6 Å². The zero-order valence-electron chi connectivity index (χ0n) is 19.9. The number of ketones is 1. The van der Waals surface area contributed by atoms with Crippen molar-refractivity contribution >= 4 is 11.8 Å². The lowest BCUT2D eigenvalue weighted by Gasteiger charge is -2.34. The number of hydrogen-bond acceptors (Lipinski definition) is 4. The van der Waals surface area contributed by atoms with E-state index in [0.29, 0.717) is 12.0 Å². The van der Waals surface area contributed by atoms with Crippen LogP contribution in [0.2, 0.25) is 0 Å². The maximum absolute atomic E-state index is 12.9. The molecule has 1 aliphatic rings. The Labute approximate surface area is 182 Å². The Kier molecular flexibility index (Phi) is 9.54. The normalized spacial score (nSPS) is 20.6. The van der Waals surface area contributed by atoms with Crippen molar-refractivity contribution in [2.75, 3.05) is 7.11 Å². The molecule has 0 bridgehead atoms. The van der Waals surface area contributed by atoms with Crippen LogP contribution in [0.15, 0.2) is 57.4 Å². The maximum Gasteiger partial charge on any atom is 0.341 e. The summed E-state index contributed by atoms with van der Waals surface area (Å²) in [6.45, 7) is 13.6. The fraction of sp³-hybridized carbons (Fsp3) is 0.538. The van der Waals surface area contributed by atoms with Gasteiger partial charge in [-0.3, -0.25) is 4.79 Å². The Morgan fingerprint density at radius 3 is 2.07 bits per heavy atom. The van der Waals surface area contributed by atoms with Gasteiger partial charge in [-0.25, -0.2) is 4.79 Å². The van der Waals surface area contributed by atoms with Crippen LogP contribution in [0, 0.1) is 5.41 Å². The zero-order valence-corrected chi connectivity index (χ0v) is 19.9. The van der Waals surface area contributed by atoms with Crippen LogP contribution >= 0.6 is 0 Å². The number of aliphatic hydroxyl groups is 1. The second kappa shape index (κ2) is 11.1. The molecule has 1 unspecified atom stereocenters. The van der Waals surface area contributed by atoms with Crippen molar-refractivity contribution < 1.29 is 19.4 Å². The van der Waals surface area contributed by atoms with E-state index in [1.165, 1.54) is 23.8 Å². The van der Waals surface area contributed by atoms with Crippen LogP contribution in [0.5, 0.6) is 0 Å². The van der Waals surface area contributed by atoms with E-state index in [4.69, 9.17) is 4.74 Å². The molecule has 166 valence electrons. The first kappa shape index (κ1) is 25.7. The van der Waals surface area contributed by atoms with Crippen LogP contribution in [-0.4, -0.2) is 24.0 Å². The lowest BCUT2D eigenvalue weighted by atomic mass is 9.68. The number of carbonyl (C=O) groups is 2. The van der Waals surface area contributed by atoms with Crippen LogP contribution in [-0.2, 0) is 14.3 Å². The van der Waals surface area contributed by atoms with Crippen LogP contribution in [0.25, 0.3) is 0 Å². The Balaban J connectivity index is 2.89. The summed E-state index contributed by atoms with van der Waals surface area (Å²) < 4.78 is 4.82. The molecule has 0 aliphatic heterocycles. The third kappa shape index (κ3) is 6.32. The summed E-state index contributed by atoms with van der Waals surface area (Å²) in [6, 6.07) is 0. The maximum atomic E-state index is 12.9. The van der Waals surface area contributed by atoms with E-state index in [1.807, 2.05) is 6.92 Å². The SMILES string of the molecule is COC(=O)C1=C(C)C(C)(C/C=C(\C)CC/C=C(\C)CCC=C(C)C)C(=O)C(C)=C1O. The second-order valence-electron chi connectivity index (χ2n) is 8.79. The number of ether oxygens (including phenoxy) is 1. The van der Waals surface area contributed by atoms with Crippen molar-refractivity contribution in [3.8, 4) is 0 Å². The third-order valence-electron chi connectivity index (χ3n) is 6.01. The summed E-state index contributed by atoms with van der Waals surface area (Å²) in [7, 11) is 1.28. The Morgan fingerprint density at radius 2 is 1.53 bits per heavy atom. The highest BCUT2D eigenvalue weighted by Crippen LogP contribution is 2.43. The quantitative estimate of drug-likeness (QED) is 0.336. The smallest absolute Gasteiger partial charge is 0.341 e. The third-order valence-corrected chi connectivity index (χ3v) is 6.01. The lowest BCUT2D eigenvalue weighted by molar-refractivity contribution is -0.136. The van der Waals surface area contributed by atoms with Gasteiger partial charge in [0, 0.05) is 5.57 Å². The highest BCUT2D eigenvalue weighted by molar-refractivity contribution is 6.08. The zero-order chi connectivity index (χ0) is 23.1. The fourth-order valence-corrected chi connectivity index (χ4v) is 3.65. The van der Waals surface area contributed by atoms with Crippen molar-refractivity contribution in [2.24, 2.45) is 5.41 Å². The van der Waals surface area contributed by atoms with Gasteiger partial charge in [0.1, 0.15) is 11.3 Å². The molecule has 0 aromatic rings. The van der Waals surface area contributed by atoms with E-state index in [2.05, 4.69) is 45.9 Å². The number of Topliss-reactive ketones (excluding diaryl/α,β-unsaturated/α-hetero) is 1. The summed E-state index contributed by atoms with van der Waals surface area (Å²) in [5.74, 6) is -1.03. The molecular weight excluding hydrogens is 376 g/mol. The summed E-state index contributed by atoms with van der Waals surface area (Å²) >= 11 is 0. The highest BCUT2D eigenvalue weighted by Gasteiger charge is 2.43. The highest BCUT2D eigenvalue weighted by atomic mass is 16.5. The number of rotatable bonds is 9. The molecule has 1 rings (SSSR count). The summed E-state index contributed by atoms with van der Waals surface area (Å²) in [5.41, 5.74) is 3.97. The molecule has 0 saturated heterocycles. The van der Waals surface area contributed by atoms with Crippen LogP contribution in [0.3, 0.4) is 0 Å². The van der Waals surface area contributed by atoms with Crippen molar-refractivity contribution in [3.05, 3.63) is 57.4 Å². The molecule has 0 saturated carbocycles. The van der Waals surface area contributed by atoms with Gasteiger partial charge in [0.05, 0.1) is 12.5 Å². The van der Waals surface area contributed by atoms with Gasteiger partial charge in [-0.05, 0) is 86.1 Å². The number of esters is 1. The summed E-state index contributed by atoms with van der Waals surface area (Å²) in [5, 5.41) is 10.3. The predicted molar refractivity (Wildman–Crippen MR) is 123 cm³/mol. The van der Waals surface area contributed by atoms with Gasteiger partial charge in [0.15, 0.2) is 5.78 Å². The van der Waals surface area contributed by atoms with Gasteiger partial charge in [-0.2, -0.15) is 0 Å². The molecule has 4 nitrogen and oxygen atoms in total. The summed E-state index contributed by atoms with van der Waals surface area (Å²) in [4.78, 5) is 25.1. The predicted octanol–water partition coefficient (Wildman–Crippen LogP) is 6.71. The van der Waals surface area contributed by atoms with Crippen molar-refractivity contribution in [3.63, 3.8) is 0 Å². The first-order valence-corrected chi connectivity index (χ1v) is 10.6. The minimum absolute atomic E-state index is 0.109. The van der Waals surface area contributed by atoms with Crippen LogP contribution in [0.4, 0.5) is 0 Å². The van der Waals surface area contributed by atoms with Gasteiger partial charge in [-0.1, -0.05) is 34.9 Å². The molecule has 1 aliphatic carbocycles. The lowest BCUT2D eigenvalue weighted by Crippen LogP contribution is -2.36. The first-order chi connectivity index (χ1) is 14.0. The van der Waals surface area contributed by atoms with Gasteiger partial charge >= 0.3 is 5.97 Å². The van der Waals surface area contributed by atoms with E-state index in [9.17, 15) is 14.7 Å². The Bertz CT molecular complexity index is 829. The largest absolute Gasteiger partial charge is 0.507 e. The minimum Gasteiger partial charge on any atom is -0.507 e. The second-order valence-corrected chi connectivity index (χ2v) is 8.79.